The van der Waals surface area contributed by atoms with Crippen molar-refractivity contribution in [3.05, 3.63) is 35.2 Å². The smallest absolute Gasteiger partial charge is 0.437 e. The molecule has 1 aliphatic rings. The number of hydrogen-bond donors (Lipinski definition) is 1. The largest absolute Gasteiger partial charge is 0.444 e. The number of likely N-dealkylation sites (tertiary alicyclic amines) is 1. The number of carbonyl (C=O) groups is 2. The molecule has 1 fully saturated rings. The van der Waals surface area contributed by atoms with E-state index in [0.717, 1.165) is 38.2 Å². The van der Waals surface area contributed by atoms with E-state index < -0.39 is 41.2 Å². The van der Waals surface area contributed by atoms with Crippen LogP contribution in [0.5, 0.6) is 0 Å². The first-order valence-corrected chi connectivity index (χ1v) is 15.6. The molecule has 2 aromatic rings. The lowest BCUT2D eigenvalue weighted by molar-refractivity contribution is -0.138. The highest BCUT2D eigenvalue weighted by Crippen LogP contribution is 2.37. The SMILES string of the molecule is CCCCCCCCc1ccc(-c2noc([C@@H]3CCCN3C(=NC(=O)OC(C)(C)C)NC(=O)OC(C)(C)C)n2)cc1C(F)(F)F. The summed E-state index contributed by atoms with van der Waals surface area (Å²) in [5, 5.41) is 6.51. The van der Waals surface area contributed by atoms with Crippen LogP contribution in [0.15, 0.2) is 27.7 Å². The summed E-state index contributed by atoms with van der Waals surface area (Å²) in [4.78, 5) is 35.3. The fourth-order valence-electron chi connectivity index (χ4n) is 4.99. The minimum Gasteiger partial charge on any atom is -0.444 e. The van der Waals surface area contributed by atoms with Gasteiger partial charge in [0.1, 0.15) is 17.2 Å². The standard InChI is InChI=1S/C32H46F3N5O5/c1-8-9-10-11-12-13-15-21-17-18-22(20-23(21)32(33,34)35)25-36-26(45-39-25)24-16-14-19-40(24)27(37-28(41)43-30(2,3)4)38-29(42)44-31(5,6)7/h17-18,20,24H,8-16,19H2,1-7H3,(H,37,38,41,42)/t24-/m0/s1. The summed E-state index contributed by atoms with van der Waals surface area (Å²) in [5.74, 6) is -0.0200. The monoisotopic (exact) mass is 637 g/mol. The van der Waals surface area contributed by atoms with Crippen LogP contribution in [0, 0.1) is 0 Å². The Morgan fingerprint density at radius 3 is 2.33 bits per heavy atom. The number of amides is 2. The van der Waals surface area contributed by atoms with E-state index >= 15 is 0 Å². The zero-order chi connectivity index (χ0) is 33.4. The number of hydrogen-bond acceptors (Lipinski definition) is 7. The van der Waals surface area contributed by atoms with Crippen molar-refractivity contribution in [2.75, 3.05) is 6.54 Å². The van der Waals surface area contributed by atoms with Crippen LogP contribution in [0.2, 0.25) is 0 Å². The van der Waals surface area contributed by atoms with E-state index in [1.54, 1.807) is 52.5 Å². The number of ether oxygens (including phenoxy) is 2. The van der Waals surface area contributed by atoms with Crippen LogP contribution in [0.3, 0.4) is 0 Å². The molecule has 2 heterocycles. The van der Waals surface area contributed by atoms with E-state index in [1.165, 1.54) is 6.07 Å². The summed E-state index contributed by atoms with van der Waals surface area (Å²) in [7, 11) is 0. The van der Waals surface area contributed by atoms with Crippen molar-refractivity contribution < 1.29 is 36.8 Å². The highest BCUT2D eigenvalue weighted by molar-refractivity contribution is 5.99. The number of rotatable bonds is 9. The van der Waals surface area contributed by atoms with E-state index in [9.17, 15) is 22.8 Å². The summed E-state index contributed by atoms with van der Waals surface area (Å²) in [6.45, 7) is 12.6. The molecule has 250 valence electrons. The maximum atomic E-state index is 14.1. The molecule has 2 amide bonds. The van der Waals surface area contributed by atoms with E-state index in [0.29, 0.717) is 32.2 Å². The minimum atomic E-state index is -4.54. The Morgan fingerprint density at radius 2 is 1.69 bits per heavy atom. The van der Waals surface area contributed by atoms with Gasteiger partial charge >= 0.3 is 18.4 Å². The number of nitrogens with one attached hydrogen (secondary N) is 1. The van der Waals surface area contributed by atoms with Crippen molar-refractivity contribution >= 4 is 18.1 Å². The molecule has 0 aliphatic carbocycles. The zero-order valence-corrected chi connectivity index (χ0v) is 27.3. The summed E-state index contributed by atoms with van der Waals surface area (Å²) in [6, 6.07) is 3.50. The normalized spacial score (nSPS) is 16.2. The molecule has 1 aliphatic heterocycles. The number of unbranched alkanes of at least 4 members (excludes halogenated alkanes) is 5. The van der Waals surface area contributed by atoms with Crippen LogP contribution in [-0.2, 0) is 22.1 Å². The number of aromatic nitrogens is 2. The van der Waals surface area contributed by atoms with Gasteiger partial charge in [-0.05, 0) is 78.9 Å². The molecular weight excluding hydrogens is 591 g/mol. The van der Waals surface area contributed by atoms with Crippen LogP contribution < -0.4 is 5.32 Å². The van der Waals surface area contributed by atoms with Gasteiger partial charge in [-0.25, -0.2) is 9.59 Å². The van der Waals surface area contributed by atoms with Crippen molar-refractivity contribution in [2.24, 2.45) is 4.99 Å². The van der Waals surface area contributed by atoms with Crippen molar-refractivity contribution in [3.8, 4) is 11.4 Å². The second-order valence-electron chi connectivity index (χ2n) is 13.2. The lowest BCUT2D eigenvalue weighted by Crippen LogP contribution is -2.46. The number of halogens is 3. The molecule has 3 rings (SSSR count). The molecular formula is C32H46F3N5O5. The average Bonchev–Trinajstić information content (AvgIpc) is 3.57. The quantitative estimate of drug-likeness (QED) is 0.165. The van der Waals surface area contributed by atoms with Gasteiger partial charge in [0, 0.05) is 12.1 Å². The minimum absolute atomic E-state index is 0.000742. The van der Waals surface area contributed by atoms with Crippen molar-refractivity contribution in [1.82, 2.24) is 20.4 Å². The van der Waals surface area contributed by atoms with Gasteiger partial charge < -0.3 is 18.9 Å². The molecule has 0 unspecified atom stereocenters. The molecule has 1 atom stereocenters. The summed E-state index contributed by atoms with van der Waals surface area (Å²) >= 11 is 0. The maximum Gasteiger partial charge on any atom is 0.437 e. The number of guanidine groups is 1. The molecule has 1 N–H and O–H groups in total. The Hall–Kier alpha value is -3.64. The number of nitrogens with zero attached hydrogens (tertiary/aromatic N) is 4. The third-order valence-corrected chi connectivity index (χ3v) is 6.93. The van der Waals surface area contributed by atoms with Gasteiger partial charge in [0.2, 0.25) is 17.7 Å². The van der Waals surface area contributed by atoms with Crippen LogP contribution in [0.1, 0.15) is 123 Å². The average molecular weight is 638 g/mol. The van der Waals surface area contributed by atoms with Gasteiger partial charge in [-0.1, -0.05) is 56.3 Å². The molecule has 45 heavy (non-hydrogen) atoms. The third-order valence-electron chi connectivity index (χ3n) is 6.93. The van der Waals surface area contributed by atoms with Crippen molar-refractivity contribution in [2.45, 2.75) is 130 Å². The van der Waals surface area contributed by atoms with Gasteiger partial charge in [-0.15, -0.1) is 4.99 Å². The van der Waals surface area contributed by atoms with Crippen LogP contribution in [-0.4, -0.2) is 50.9 Å². The number of alkyl halides is 3. The number of alkyl carbamates (subject to hydrolysis) is 1. The first-order chi connectivity index (χ1) is 21.0. The van der Waals surface area contributed by atoms with Gasteiger partial charge in [-0.2, -0.15) is 18.2 Å². The first kappa shape index (κ1) is 35.8. The van der Waals surface area contributed by atoms with Crippen LogP contribution >= 0.6 is 0 Å². The second kappa shape index (κ2) is 15.1. The van der Waals surface area contributed by atoms with Gasteiger partial charge in [0.15, 0.2) is 0 Å². The Morgan fingerprint density at radius 1 is 1.02 bits per heavy atom. The predicted octanol–water partition coefficient (Wildman–Crippen LogP) is 8.61. The summed E-state index contributed by atoms with van der Waals surface area (Å²) in [6.07, 6.45) is 1.06. The molecule has 1 aromatic carbocycles. The lowest BCUT2D eigenvalue weighted by atomic mass is 9.97. The second-order valence-corrected chi connectivity index (χ2v) is 13.2. The molecule has 0 spiro atoms. The Balaban J connectivity index is 1.85. The van der Waals surface area contributed by atoms with Crippen molar-refractivity contribution in [3.63, 3.8) is 0 Å². The Kier molecular flexibility index (Phi) is 12.0. The molecule has 1 saturated heterocycles. The van der Waals surface area contributed by atoms with Crippen molar-refractivity contribution in [1.29, 1.82) is 0 Å². The Bertz CT molecular complexity index is 1330. The van der Waals surface area contributed by atoms with Gasteiger partial charge in [0.05, 0.1) is 5.56 Å². The summed E-state index contributed by atoms with van der Waals surface area (Å²) in [5.41, 5.74) is -1.95. The topological polar surface area (TPSA) is 119 Å². The van der Waals surface area contributed by atoms with E-state index in [1.807, 2.05) is 0 Å². The molecule has 10 nitrogen and oxygen atoms in total. The number of benzene rings is 1. The number of aliphatic imine (C=N–C) groups is 1. The molecule has 0 saturated carbocycles. The number of carbonyl (C=O) groups excluding carboxylic acids is 2. The molecule has 1 aromatic heterocycles. The van der Waals surface area contributed by atoms with E-state index in [2.05, 4.69) is 27.4 Å². The van der Waals surface area contributed by atoms with Crippen LogP contribution in [0.4, 0.5) is 22.8 Å². The Labute approximate surface area is 263 Å². The highest BCUT2D eigenvalue weighted by atomic mass is 19.4. The summed E-state index contributed by atoms with van der Waals surface area (Å²) < 4.78 is 58.4. The molecule has 13 heteroatoms. The van der Waals surface area contributed by atoms with E-state index in [-0.39, 0.29) is 28.8 Å². The molecule has 0 radical (unpaired) electrons. The fourth-order valence-corrected chi connectivity index (χ4v) is 4.99. The maximum absolute atomic E-state index is 14.1. The predicted molar refractivity (Wildman–Crippen MR) is 164 cm³/mol. The highest BCUT2D eigenvalue weighted by Gasteiger charge is 2.37. The van der Waals surface area contributed by atoms with Gasteiger partial charge in [0.25, 0.3) is 0 Å². The molecule has 0 bridgehead atoms. The van der Waals surface area contributed by atoms with E-state index in [4.69, 9.17) is 14.0 Å². The third kappa shape index (κ3) is 11.3. The zero-order valence-electron chi connectivity index (χ0n) is 27.3. The first-order valence-electron chi connectivity index (χ1n) is 15.6. The number of aryl methyl sites for hydroxylation is 1. The fraction of sp³-hybridized carbons (Fsp3) is 0.656. The van der Waals surface area contributed by atoms with Crippen LogP contribution in [0.25, 0.3) is 11.4 Å². The van der Waals surface area contributed by atoms with Gasteiger partial charge in [-0.3, -0.25) is 5.32 Å². The lowest BCUT2D eigenvalue weighted by Gasteiger charge is -2.27.